The van der Waals surface area contributed by atoms with E-state index in [0.717, 1.165) is 30.8 Å². The molecule has 7 heteroatoms. The number of carbonyl (C=O) groups is 3. The van der Waals surface area contributed by atoms with Gasteiger partial charge in [0, 0.05) is 43.7 Å². The van der Waals surface area contributed by atoms with Crippen molar-refractivity contribution < 1.29 is 14.4 Å². The zero-order valence-electron chi connectivity index (χ0n) is 16.8. The summed E-state index contributed by atoms with van der Waals surface area (Å²) in [6.07, 6.45) is 4.44. The van der Waals surface area contributed by atoms with Gasteiger partial charge in [-0.2, -0.15) is 0 Å². The Morgan fingerprint density at radius 3 is 2.79 bits per heavy atom. The molecule has 4 fully saturated rings. The maximum Gasteiger partial charge on any atom is 0.255 e. The number of hydrogen-bond acceptors (Lipinski definition) is 5. The summed E-state index contributed by atoms with van der Waals surface area (Å²) in [5.74, 6) is -0.738. The minimum Gasteiger partial charge on any atom is -0.322 e. The molecule has 1 saturated carbocycles. The molecule has 29 heavy (non-hydrogen) atoms. The van der Waals surface area contributed by atoms with Gasteiger partial charge in [0.15, 0.2) is 0 Å². The Morgan fingerprint density at radius 2 is 2.07 bits per heavy atom. The molecule has 1 atom stereocenters. The highest BCUT2D eigenvalue weighted by Gasteiger charge is 2.58. The largest absolute Gasteiger partial charge is 0.322 e. The summed E-state index contributed by atoms with van der Waals surface area (Å²) in [4.78, 5) is 38.1. The van der Waals surface area contributed by atoms with Gasteiger partial charge < -0.3 is 15.5 Å². The zero-order valence-corrected chi connectivity index (χ0v) is 16.8. The summed E-state index contributed by atoms with van der Waals surface area (Å²) in [7, 11) is 0. The van der Waals surface area contributed by atoms with Gasteiger partial charge >= 0.3 is 0 Å². The Morgan fingerprint density at radius 1 is 1.24 bits per heavy atom. The van der Waals surface area contributed by atoms with Crippen molar-refractivity contribution in [1.82, 2.24) is 20.9 Å². The third-order valence-electron chi connectivity index (χ3n) is 7.40. The molecule has 6 rings (SSSR count). The molecule has 5 aliphatic rings. The van der Waals surface area contributed by atoms with Gasteiger partial charge in [-0.25, -0.2) is 0 Å². The van der Waals surface area contributed by atoms with Gasteiger partial charge in [0.05, 0.1) is 0 Å². The highest BCUT2D eigenvalue weighted by atomic mass is 16.2. The molecular weight excluding hydrogens is 368 g/mol. The van der Waals surface area contributed by atoms with Crippen molar-refractivity contribution in [2.45, 2.75) is 63.7 Å². The van der Waals surface area contributed by atoms with Crippen molar-refractivity contribution >= 4 is 17.7 Å². The molecular formula is C22H28N4O3. The molecule has 4 heterocycles. The van der Waals surface area contributed by atoms with Crippen LogP contribution in [-0.4, -0.2) is 47.3 Å². The van der Waals surface area contributed by atoms with Gasteiger partial charge in [0.1, 0.15) is 6.04 Å². The predicted octanol–water partition coefficient (Wildman–Crippen LogP) is 1.07. The molecule has 1 aromatic rings. The standard InChI is InChI=1S/C22H28N4O3/c1-2-21-10-22(11-21,24-12-21)13-23-8-14-3-4-15-9-26(20(29)16(15)7-14)17-5-6-18(27)25-19(17)28/h3-4,7,17,23-24H,2,5-6,8-13H2,1H3,(H,25,27,28). The Bertz CT molecular complexity index is 890. The molecule has 4 aliphatic heterocycles. The van der Waals surface area contributed by atoms with Gasteiger partial charge in [0.25, 0.3) is 5.91 Å². The van der Waals surface area contributed by atoms with Crippen LogP contribution in [0.3, 0.4) is 0 Å². The van der Waals surface area contributed by atoms with Crippen molar-refractivity contribution in [2.24, 2.45) is 5.41 Å². The lowest BCUT2D eigenvalue weighted by atomic mass is 9.61. The molecule has 3 N–H and O–H groups in total. The van der Waals surface area contributed by atoms with E-state index in [1.165, 1.54) is 19.3 Å². The average molecular weight is 396 g/mol. The van der Waals surface area contributed by atoms with Gasteiger partial charge in [-0.15, -0.1) is 0 Å². The van der Waals surface area contributed by atoms with Crippen LogP contribution in [0.2, 0.25) is 0 Å². The highest BCUT2D eigenvalue weighted by Crippen LogP contribution is 2.55. The van der Waals surface area contributed by atoms with E-state index in [1.807, 2.05) is 12.1 Å². The Hall–Kier alpha value is -2.25. The van der Waals surface area contributed by atoms with E-state index >= 15 is 0 Å². The van der Waals surface area contributed by atoms with E-state index in [0.29, 0.717) is 23.9 Å². The van der Waals surface area contributed by atoms with Crippen LogP contribution < -0.4 is 16.0 Å². The van der Waals surface area contributed by atoms with E-state index in [9.17, 15) is 14.4 Å². The SMILES string of the molecule is CCC12CNC(CNCc3ccc4c(c3)C(=O)N(C3CCC(=O)NC3=O)C4)(C1)C2. The molecule has 0 radical (unpaired) electrons. The number of carbonyl (C=O) groups excluding carboxylic acids is 3. The summed E-state index contributed by atoms with van der Waals surface area (Å²) in [6, 6.07) is 5.45. The monoisotopic (exact) mass is 396 g/mol. The van der Waals surface area contributed by atoms with Crippen LogP contribution in [0.25, 0.3) is 0 Å². The Kier molecular flexibility index (Phi) is 4.29. The Balaban J connectivity index is 1.21. The zero-order chi connectivity index (χ0) is 20.2. The van der Waals surface area contributed by atoms with Crippen LogP contribution >= 0.6 is 0 Å². The number of piperidine rings is 1. The van der Waals surface area contributed by atoms with Gasteiger partial charge in [-0.1, -0.05) is 19.1 Å². The summed E-state index contributed by atoms with van der Waals surface area (Å²) in [6.45, 7) is 5.52. The van der Waals surface area contributed by atoms with E-state index in [1.54, 1.807) is 4.90 Å². The molecule has 154 valence electrons. The molecule has 1 aromatic carbocycles. The molecule has 7 nitrogen and oxygen atoms in total. The maximum absolute atomic E-state index is 12.9. The first-order valence-corrected chi connectivity index (χ1v) is 10.6. The molecule has 1 aliphatic carbocycles. The van der Waals surface area contributed by atoms with E-state index < -0.39 is 6.04 Å². The summed E-state index contributed by atoms with van der Waals surface area (Å²) in [5, 5.41) is 9.61. The van der Waals surface area contributed by atoms with Crippen molar-refractivity contribution in [3.63, 3.8) is 0 Å². The van der Waals surface area contributed by atoms with Gasteiger partial charge in [0.2, 0.25) is 11.8 Å². The number of amides is 3. The first-order chi connectivity index (χ1) is 13.9. The smallest absolute Gasteiger partial charge is 0.255 e. The second-order valence-electron chi connectivity index (χ2n) is 9.34. The third-order valence-corrected chi connectivity index (χ3v) is 7.40. The molecule has 0 spiro atoms. The number of rotatable bonds is 6. The van der Waals surface area contributed by atoms with Crippen LogP contribution in [0, 0.1) is 5.41 Å². The fourth-order valence-electron chi connectivity index (χ4n) is 5.73. The molecule has 2 bridgehead atoms. The van der Waals surface area contributed by atoms with Crippen molar-refractivity contribution in [3.8, 4) is 0 Å². The fraction of sp³-hybridized carbons (Fsp3) is 0.591. The quantitative estimate of drug-likeness (QED) is 0.626. The fourth-order valence-corrected chi connectivity index (χ4v) is 5.73. The van der Waals surface area contributed by atoms with Crippen LogP contribution in [0.1, 0.15) is 60.5 Å². The maximum atomic E-state index is 12.9. The summed E-state index contributed by atoms with van der Waals surface area (Å²) in [5.41, 5.74) is 3.50. The van der Waals surface area contributed by atoms with Crippen molar-refractivity contribution in [3.05, 3.63) is 34.9 Å². The van der Waals surface area contributed by atoms with Crippen molar-refractivity contribution in [1.29, 1.82) is 0 Å². The number of benzene rings is 1. The average Bonchev–Trinajstić information content (AvgIpc) is 3.32. The number of hydrogen-bond donors (Lipinski definition) is 3. The minimum absolute atomic E-state index is 0.112. The van der Waals surface area contributed by atoms with E-state index in [2.05, 4.69) is 28.9 Å². The normalized spacial score (nSPS) is 32.9. The third kappa shape index (κ3) is 3.07. The molecule has 3 saturated heterocycles. The highest BCUT2D eigenvalue weighted by molar-refractivity contribution is 6.05. The van der Waals surface area contributed by atoms with Crippen LogP contribution in [-0.2, 0) is 22.7 Å². The van der Waals surface area contributed by atoms with Crippen LogP contribution in [0.5, 0.6) is 0 Å². The van der Waals surface area contributed by atoms with Crippen LogP contribution in [0.15, 0.2) is 18.2 Å². The molecule has 1 unspecified atom stereocenters. The lowest BCUT2D eigenvalue weighted by Crippen LogP contribution is -2.54. The number of nitrogens with zero attached hydrogens (tertiary/aromatic N) is 1. The lowest BCUT2D eigenvalue weighted by Gasteiger charge is -2.46. The lowest BCUT2D eigenvalue weighted by molar-refractivity contribution is -0.136. The number of fused-ring (bicyclic) bond motifs is 2. The minimum atomic E-state index is -0.556. The number of imide groups is 1. The predicted molar refractivity (Wildman–Crippen MR) is 107 cm³/mol. The molecule has 0 aromatic heterocycles. The number of nitrogens with one attached hydrogen (secondary N) is 3. The Labute approximate surface area is 170 Å². The first kappa shape index (κ1) is 18.8. The molecule has 3 amide bonds. The topological polar surface area (TPSA) is 90.5 Å². The summed E-state index contributed by atoms with van der Waals surface area (Å²) < 4.78 is 0. The summed E-state index contributed by atoms with van der Waals surface area (Å²) >= 11 is 0. The second kappa shape index (κ2) is 6.64. The van der Waals surface area contributed by atoms with E-state index in [-0.39, 0.29) is 29.7 Å². The second-order valence-corrected chi connectivity index (χ2v) is 9.34. The van der Waals surface area contributed by atoms with E-state index in [4.69, 9.17) is 0 Å². The van der Waals surface area contributed by atoms with Crippen molar-refractivity contribution in [2.75, 3.05) is 13.1 Å². The first-order valence-electron chi connectivity index (χ1n) is 10.6. The van der Waals surface area contributed by atoms with Gasteiger partial charge in [-0.05, 0) is 48.3 Å². The van der Waals surface area contributed by atoms with Crippen LogP contribution in [0.4, 0.5) is 0 Å². The van der Waals surface area contributed by atoms with Gasteiger partial charge in [-0.3, -0.25) is 19.7 Å².